The van der Waals surface area contributed by atoms with Gasteiger partial charge in [0, 0.05) is 13.1 Å². The van der Waals surface area contributed by atoms with Crippen molar-refractivity contribution in [2.75, 3.05) is 13.1 Å². The number of nitrogens with one attached hydrogen (secondary N) is 2. The number of benzene rings is 1. The molecule has 1 saturated carbocycles. The third-order valence-electron chi connectivity index (χ3n) is 5.63. The molecular formula is C20H23N5O4. The van der Waals surface area contributed by atoms with Gasteiger partial charge in [0.15, 0.2) is 0 Å². The number of nitrogens with zero attached hydrogens (tertiary/aromatic N) is 3. The molecule has 2 aliphatic rings. The lowest BCUT2D eigenvalue weighted by Crippen LogP contribution is -2.44. The van der Waals surface area contributed by atoms with Crippen LogP contribution in [0.4, 0.5) is 4.79 Å². The highest BCUT2D eigenvalue weighted by molar-refractivity contribution is 6.07. The summed E-state index contributed by atoms with van der Waals surface area (Å²) < 4.78 is 1.26. The molecule has 9 heteroatoms. The minimum Gasteiger partial charge on any atom is -0.354 e. The van der Waals surface area contributed by atoms with Crippen molar-refractivity contribution < 1.29 is 14.4 Å². The van der Waals surface area contributed by atoms with Gasteiger partial charge in [-0.15, -0.1) is 0 Å². The highest BCUT2D eigenvalue weighted by Crippen LogP contribution is 2.34. The van der Waals surface area contributed by atoms with E-state index < -0.39 is 5.54 Å². The van der Waals surface area contributed by atoms with E-state index in [1.165, 1.54) is 15.8 Å². The summed E-state index contributed by atoms with van der Waals surface area (Å²) in [6.45, 7) is 0.422. The maximum absolute atomic E-state index is 12.6. The molecule has 0 atom stereocenters. The summed E-state index contributed by atoms with van der Waals surface area (Å²) in [7, 11) is 0. The molecule has 0 unspecified atom stereocenters. The molecule has 29 heavy (non-hydrogen) atoms. The molecule has 2 N–H and O–H groups in total. The zero-order chi connectivity index (χ0) is 20.4. The summed E-state index contributed by atoms with van der Waals surface area (Å²) in [5.41, 5.74) is -0.389. The van der Waals surface area contributed by atoms with E-state index in [9.17, 15) is 19.2 Å². The molecule has 2 heterocycles. The topological polar surface area (TPSA) is 113 Å². The number of carbonyl (C=O) groups excluding carboxylic acids is 3. The molecule has 1 aliphatic heterocycles. The first-order valence-electron chi connectivity index (χ1n) is 9.85. The number of fused-ring (bicyclic) bond motifs is 1. The quantitative estimate of drug-likeness (QED) is 0.552. The monoisotopic (exact) mass is 397 g/mol. The maximum Gasteiger partial charge on any atom is 0.325 e. The SMILES string of the molecule is O=C(Cn1cnc2ccccc2c1=O)NCCCN1C(=O)NC2(CCCC2)C1=O. The molecule has 152 valence electrons. The summed E-state index contributed by atoms with van der Waals surface area (Å²) in [6, 6.07) is 6.62. The van der Waals surface area contributed by atoms with Crippen molar-refractivity contribution in [2.24, 2.45) is 0 Å². The normalized spacial score (nSPS) is 17.9. The lowest BCUT2D eigenvalue weighted by Gasteiger charge is -2.20. The van der Waals surface area contributed by atoms with Gasteiger partial charge in [0.1, 0.15) is 12.1 Å². The molecule has 0 radical (unpaired) electrons. The molecular weight excluding hydrogens is 374 g/mol. The van der Waals surface area contributed by atoms with Gasteiger partial charge in [-0.1, -0.05) is 25.0 Å². The Balaban J connectivity index is 1.28. The second-order valence-electron chi connectivity index (χ2n) is 7.57. The van der Waals surface area contributed by atoms with E-state index in [1.807, 2.05) is 0 Å². The minimum atomic E-state index is -0.704. The van der Waals surface area contributed by atoms with E-state index in [-0.39, 0.29) is 36.5 Å². The number of hydrogen-bond acceptors (Lipinski definition) is 5. The number of imide groups is 1. The van der Waals surface area contributed by atoms with Crippen molar-refractivity contribution in [3.8, 4) is 0 Å². The van der Waals surface area contributed by atoms with Crippen LogP contribution in [0.5, 0.6) is 0 Å². The van der Waals surface area contributed by atoms with Gasteiger partial charge < -0.3 is 10.6 Å². The first-order valence-corrected chi connectivity index (χ1v) is 9.85. The molecule has 1 saturated heterocycles. The highest BCUT2D eigenvalue weighted by atomic mass is 16.2. The zero-order valence-electron chi connectivity index (χ0n) is 16.0. The van der Waals surface area contributed by atoms with Crippen LogP contribution < -0.4 is 16.2 Å². The van der Waals surface area contributed by atoms with E-state index >= 15 is 0 Å². The summed E-state index contributed by atoms with van der Waals surface area (Å²) in [5, 5.41) is 6.02. The summed E-state index contributed by atoms with van der Waals surface area (Å²) in [5.74, 6) is -0.478. The molecule has 4 amide bonds. The third kappa shape index (κ3) is 3.59. The molecule has 4 rings (SSSR count). The van der Waals surface area contributed by atoms with Gasteiger partial charge in [-0.3, -0.25) is 23.9 Å². The molecule has 0 bridgehead atoms. The Hall–Kier alpha value is -3.23. The van der Waals surface area contributed by atoms with Crippen molar-refractivity contribution in [2.45, 2.75) is 44.2 Å². The molecule has 1 aliphatic carbocycles. The van der Waals surface area contributed by atoms with Crippen LogP contribution in [-0.2, 0) is 16.1 Å². The van der Waals surface area contributed by atoms with Crippen molar-refractivity contribution in [1.82, 2.24) is 25.1 Å². The Labute approximate surface area is 167 Å². The molecule has 2 aromatic rings. The predicted molar refractivity (Wildman–Crippen MR) is 105 cm³/mol. The Morgan fingerprint density at radius 2 is 1.93 bits per heavy atom. The number of carbonyl (C=O) groups is 3. The maximum atomic E-state index is 12.6. The number of hydrogen-bond donors (Lipinski definition) is 2. The number of rotatable bonds is 6. The Morgan fingerprint density at radius 3 is 2.72 bits per heavy atom. The van der Waals surface area contributed by atoms with Crippen LogP contribution in [0.1, 0.15) is 32.1 Å². The fourth-order valence-electron chi connectivity index (χ4n) is 4.09. The van der Waals surface area contributed by atoms with Gasteiger partial charge in [0.25, 0.3) is 11.5 Å². The average Bonchev–Trinajstić information content (AvgIpc) is 3.27. The first kappa shape index (κ1) is 19.1. The van der Waals surface area contributed by atoms with Crippen LogP contribution in [0.3, 0.4) is 0 Å². The number of urea groups is 1. The first-order chi connectivity index (χ1) is 14.0. The fourth-order valence-corrected chi connectivity index (χ4v) is 4.09. The second kappa shape index (κ2) is 7.65. The Kier molecular flexibility index (Phi) is 5.04. The number of aromatic nitrogens is 2. The van der Waals surface area contributed by atoms with Crippen LogP contribution in [-0.4, -0.2) is 50.9 Å². The van der Waals surface area contributed by atoms with Gasteiger partial charge >= 0.3 is 6.03 Å². The van der Waals surface area contributed by atoms with Gasteiger partial charge in [0.2, 0.25) is 5.91 Å². The van der Waals surface area contributed by atoms with Gasteiger partial charge in [0.05, 0.1) is 17.2 Å². The van der Waals surface area contributed by atoms with Gasteiger partial charge in [-0.2, -0.15) is 0 Å². The average molecular weight is 397 g/mol. The molecule has 9 nitrogen and oxygen atoms in total. The fraction of sp³-hybridized carbons (Fsp3) is 0.450. The molecule has 2 fully saturated rings. The summed E-state index contributed by atoms with van der Waals surface area (Å²) in [6.07, 6.45) is 5.08. The lowest BCUT2D eigenvalue weighted by molar-refractivity contribution is -0.131. The van der Waals surface area contributed by atoms with Crippen LogP contribution in [0, 0.1) is 0 Å². The van der Waals surface area contributed by atoms with E-state index in [2.05, 4.69) is 15.6 Å². The third-order valence-corrected chi connectivity index (χ3v) is 5.63. The summed E-state index contributed by atoms with van der Waals surface area (Å²) >= 11 is 0. The van der Waals surface area contributed by atoms with Gasteiger partial charge in [-0.25, -0.2) is 9.78 Å². The standard InChI is InChI=1S/C20H23N5O4/c26-16(12-24-13-22-15-7-2-1-6-14(15)17(24)27)21-10-5-11-25-18(28)20(23-19(25)29)8-3-4-9-20/h1-2,6-7,13H,3-5,8-12H2,(H,21,26)(H,23,29). The van der Waals surface area contributed by atoms with E-state index in [0.29, 0.717) is 36.7 Å². The van der Waals surface area contributed by atoms with E-state index in [4.69, 9.17) is 0 Å². The minimum absolute atomic E-state index is 0.136. The number of para-hydroxylation sites is 1. The largest absolute Gasteiger partial charge is 0.354 e. The van der Waals surface area contributed by atoms with Crippen molar-refractivity contribution >= 4 is 28.7 Å². The van der Waals surface area contributed by atoms with Crippen molar-refractivity contribution in [3.05, 3.63) is 40.9 Å². The zero-order valence-corrected chi connectivity index (χ0v) is 16.0. The smallest absolute Gasteiger partial charge is 0.325 e. The molecule has 1 aromatic carbocycles. The van der Waals surface area contributed by atoms with E-state index in [0.717, 1.165) is 12.8 Å². The van der Waals surface area contributed by atoms with Crippen LogP contribution in [0.25, 0.3) is 10.9 Å². The molecule has 1 spiro atoms. The van der Waals surface area contributed by atoms with Crippen molar-refractivity contribution in [3.63, 3.8) is 0 Å². The van der Waals surface area contributed by atoms with Crippen LogP contribution >= 0.6 is 0 Å². The lowest BCUT2D eigenvalue weighted by atomic mass is 9.98. The van der Waals surface area contributed by atoms with Crippen molar-refractivity contribution in [1.29, 1.82) is 0 Å². The summed E-state index contributed by atoms with van der Waals surface area (Å²) in [4.78, 5) is 54.7. The Morgan fingerprint density at radius 1 is 1.17 bits per heavy atom. The van der Waals surface area contributed by atoms with E-state index in [1.54, 1.807) is 24.3 Å². The Bertz CT molecular complexity index is 1020. The van der Waals surface area contributed by atoms with Crippen LogP contribution in [0.2, 0.25) is 0 Å². The van der Waals surface area contributed by atoms with Gasteiger partial charge in [-0.05, 0) is 31.4 Å². The highest BCUT2D eigenvalue weighted by Gasteiger charge is 2.51. The van der Waals surface area contributed by atoms with Crippen LogP contribution in [0.15, 0.2) is 35.4 Å². The predicted octanol–water partition coefficient (Wildman–Crippen LogP) is 0.767. The number of amides is 4. The molecule has 1 aromatic heterocycles. The second-order valence-corrected chi connectivity index (χ2v) is 7.57.